The van der Waals surface area contributed by atoms with Crippen LogP contribution in [0.15, 0.2) is 32.3 Å². The number of piperazine rings is 1. The minimum atomic E-state index is -3.42. The molecule has 2 aliphatic rings. The Morgan fingerprint density at radius 1 is 0.786 bits per heavy atom. The second-order valence-electron chi connectivity index (χ2n) is 7.10. The molecule has 0 aliphatic carbocycles. The van der Waals surface area contributed by atoms with E-state index in [2.05, 4.69) is 35.9 Å². The third kappa shape index (κ3) is 4.34. The highest BCUT2D eigenvalue weighted by Crippen LogP contribution is 2.29. The highest BCUT2D eigenvalue weighted by Gasteiger charge is 2.30. The van der Waals surface area contributed by atoms with Crippen LogP contribution in [0.2, 0.25) is 0 Å². The van der Waals surface area contributed by atoms with Gasteiger partial charge in [-0.15, -0.1) is 21.5 Å². The molecule has 28 heavy (non-hydrogen) atoms. The fourth-order valence-electron chi connectivity index (χ4n) is 3.68. The first-order chi connectivity index (χ1) is 13.5. The van der Waals surface area contributed by atoms with Crippen LogP contribution in [0, 0.1) is 0 Å². The average Bonchev–Trinajstić information content (AvgIpc) is 2.99. The van der Waals surface area contributed by atoms with Crippen molar-refractivity contribution in [1.82, 2.24) is 14.5 Å². The SMILES string of the molecule is O=S(=O)(c1ccc(Br)s1)N1CCN(c2ccc(N3CCCCCC3)nn2)CC1. The van der Waals surface area contributed by atoms with Crippen LogP contribution >= 0.6 is 27.3 Å². The van der Waals surface area contributed by atoms with Gasteiger partial charge in [0.2, 0.25) is 0 Å². The molecule has 2 aromatic heterocycles. The van der Waals surface area contributed by atoms with Crippen molar-refractivity contribution in [3.63, 3.8) is 0 Å². The molecular formula is C18H24BrN5O2S2. The maximum atomic E-state index is 12.8. The Morgan fingerprint density at radius 2 is 1.36 bits per heavy atom. The monoisotopic (exact) mass is 485 g/mol. The minimum absolute atomic E-state index is 0.384. The first kappa shape index (κ1) is 20.1. The van der Waals surface area contributed by atoms with Gasteiger partial charge in [-0.05, 0) is 53.0 Å². The van der Waals surface area contributed by atoms with E-state index in [0.29, 0.717) is 30.4 Å². The summed E-state index contributed by atoms with van der Waals surface area (Å²) in [6, 6.07) is 7.48. The van der Waals surface area contributed by atoms with Crippen LogP contribution in [0.1, 0.15) is 25.7 Å². The molecule has 4 heterocycles. The topological polar surface area (TPSA) is 69.6 Å². The van der Waals surface area contributed by atoms with Gasteiger partial charge in [0.1, 0.15) is 4.21 Å². The van der Waals surface area contributed by atoms with Gasteiger partial charge in [0.25, 0.3) is 10.0 Å². The van der Waals surface area contributed by atoms with Gasteiger partial charge in [-0.25, -0.2) is 8.42 Å². The zero-order valence-corrected chi connectivity index (χ0v) is 18.8. The van der Waals surface area contributed by atoms with Crippen molar-refractivity contribution in [1.29, 1.82) is 0 Å². The lowest BCUT2D eigenvalue weighted by Gasteiger charge is -2.34. The van der Waals surface area contributed by atoms with Gasteiger partial charge in [-0.3, -0.25) is 0 Å². The second kappa shape index (κ2) is 8.64. The fraction of sp³-hybridized carbons (Fsp3) is 0.556. The Bertz CT molecular complexity index is 887. The molecule has 152 valence electrons. The summed E-state index contributed by atoms with van der Waals surface area (Å²) >= 11 is 4.58. The van der Waals surface area contributed by atoms with E-state index in [1.807, 2.05) is 12.1 Å². The van der Waals surface area contributed by atoms with Crippen LogP contribution in [0.4, 0.5) is 11.6 Å². The van der Waals surface area contributed by atoms with Crippen LogP contribution in [0.3, 0.4) is 0 Å². The Labute approximate surface area is 178 Å². The number of nitrogens with zero attached hydrogens (tertiary/aromatic N) is 5. The number of hydrogen-bond acceptors (Lipinski definition) is 7. The quantitative estimate of drug-likeness (QED) is 0.661. The van der Waals surface area contributed by atoms with Crippen molar-refractivity contribution in [3.05, 3.63) is 28.1 Å². The number of aromatic nitrogens is 2. The molecule has 10 heteroatoms. The van der Waals surface area contributed by atoms with Crippen molar-refractivity contribution < 1.29 is 8.42 Å². The molecule has 0 saturated carbocycles. The van der Waals surface area contributed by atoms with Crippen molar-refractivity contribution in [3.8, 4) is 0 Å². The molecule has 0 unspecified atom stereocenters. The first-order valence-electron chi connectivity index (χ1n) is 9.63. The van der Waals surface area contributed by atoms with E-state index in [1.54, 1.807) is 16.4 Å². The summed E-state index contributed by atoms with van der Waals surface area (Å²) in [5.74, 6) is 1.75. The molecule has 2 aliphatic heterocycles. The summed E-state index contributed by atoms with van der Waals surface area (Å²) in [6.45, 7) is 4.22. The summed E-state index contributed by atoms with van der Waals surface area (Å²) in [6.07, 6.45) is 5.00. The predicted octanol–water partition coefficient (Wildman–Crippen LogP) is 3.19. The number of anilines is 2. The summed E-state index contributed by atoms with van der Waals surface area (Å²) in [5, 5.41) is 8.86. The molecule has 2 fully saturated rings. The summed E-state index contributed by atoms with van der Waals surface area (Å²) < 4.78 is 28.3. The molecule has 0 bridgehead atoms. The molecule has 7 nitrogen and oxygen atoms in total. The molecule has 0 N–H and O–H groups in total. The largest absolute Gasteiger partial charge is 0.355 e. The molecule has 2 aromatic rings. The zero-order chi connectivity index (χ0) is 19.6. The Hall–Kier alpha value is -1.23. The minimum Gasteiger partial charge on any atom is -0.355 e. The molecular weight excluding hydrogens is 462 g/mol. The summed E-state index contributed by atoms with van der Waals surface area (Å²) in [5.41, 5.74) is 0. The van der Waals surface area contributed by atoms with Gasteiger partial charge in [-0.1, -0.05) is 12.8 Å². The second-order valence-corrected chi connectivity index (χ2v) is 11.7. The predicted molar refractivity (Wildman–Crippen MR) is 116 cm³/mol. The Balaban J connectivity index is 1.38. The van der Waals surface area contributed by atoms with Crippen molar-refractivity contribution in [2.45, 2.75) is 29.9 Å². The van der Waals surface area contributed by atoms with E-state index in [9.17, 15) is 8.42 Å². The number of rotatable bonds is 4. The smallest absolute Gasteiger partial charge is 0.252 e. The standard InChI is InChI=1S/C18H24BrN5O2S2/c19-15-5-8-18(27-15)28(25,26)24-13-11-23(12-14-24)17-7-6-16(20-21-17)22-9-3-1-2-4-10-22/h5-8H,1-4,9-14H2. The average molecular weight is 486 g/mol. The van der Waals surface area contributed by atoms with Crippen molar-refractivity contribution in [2.75, 3.05) is 49.1 Å². The van der Waals surface area contributed by atoms with Gasteiger partial charge >= 0.3 is 0 Å². The van der Waals surface area contributed by atoms with Gasteiger partial charge < -0.3 is 9.80 Å². The number of halogens is 1. The lowest BCUT2D eigenvalue weighted by Crippen LogP contribution is -2.48. The van der Waals surface area contributed by atoms with E-state index in [0.717, 1.165) is 28.5 Å². The lowest BCUT2D eigenvalue weighted by molar-refractivity contribution is 0.384. The normalized spacial score (nSPS) is 19.6. The molecule has 0 spiro atoms. The Kier molecular flexibility index (Phi) is 6.19. The van der Waals surface area contributed by atoms with E-state index >= 15 is 0 Å². The molecule has 2 saturated heterocycles. The third-order valence-electron chi connectivity index (χ3n) is 5.27. The fourth-order valence-corrected chi connectivity index (χ4v) is 7.26. The highest BCUT2D eigenvalue weighted by molar-refractivity contribution is 9.11. The maximum absolute atomic E-state index is 12.8. The zero-order valence-electron chi connectivity index (χ0n) is 15.6. The number of sulfonamides is 1. The first-order valence-corrected chi connectivity index (χ1v) is 12.7. The molecule has 4 rings (SSSR count). The molecule has 0 radical (unpaired) electrons. The molecule has 0 atom stereocenters. The van der Waals surface area contributed by atoms with E-state index in [1.165, 1.54) is 37.0 Å². The van der Waals surface area contributed by atoms with Crippen molar-refractivity contribution in [2.24, 2.45) is 0 Å². The van der Waals surface area contributed by atoms with Gasteiger partial charge in [0, 0.05) is 39.3 Å². The van der Waals surface area contributed by atoms with Gasteiger partial charge in [-0.2, -0.15) is 4.31 Å². The van der Waals surface area contributed by atoms with Crippen LogP contribution < -0.4 is 9.80 Å². The lowest BCUT2D eigenvalue weighted by atomic mass is 10.2. The van der Waals surface area contributed by atoms with E-state index < -0.39 is 10.0 Å². The highest BCUT2D eigenvalue weighted by atomic mass is 79.9. The molecule has 0 amide bonds. The molecule has 0 aromatic carbocycles. The summed E-state index contributed by atoms with van der Waals surface area (Å²) in [7, 11) is -3.42. The van der Waals surface area contributed by atoms with Crippen LogP contribution in [-0.2, 0) is 10.0 Å². The number of hydrogen-bond donors (Lipinski definition) is 0. The van der Waals surface area contributed by atoms with E-state index in [4.69, 9.17) is 0 Å². The van der Waals surface area contributed by atoms with Crippen LogP contribution in [-0.4, -0.2) is 62.2 Å². The van der Waals surface area contributed by atoms with Gasteiger partial charge in [0.15, 0.2) is 11.6 Å². The van der Waals surface area contributed by atoms with Crippen LogP contribution in [0.5, 0.6) is 0 Å². The number of thiophene rings is 1. The van der Waals surface area contributed by atoms with Crippen molar-refractivity contribution >= 4 is 48.9 Å². The third-order valence-corrected chi connectivity index (χ3v) is 9.26. The van der Waals surface area contributed by atoms with E-state index in [-0.39, 0.29) is 0 Å². The summed E-state index contributed by atoms with van der Waals surface area (Å²) in [4.78, 5) is 4.42. The van der Waals surface area contributed by atoms with Gasteiger partial charge in [0.05, 0.1) is 3.79 Å². The van der Waals surface area contributed by atoms with Crippen LogP contribution in [0.25, 0.3) is 0 Å². The Morgan fingerprint density at radius 3 is 1.86 bits per heavy atom. The maximum Gasteiger partial charge on any atom is 0.252 e.